The summed E-state index contributed by atoms with van der Waals surface area (Å²) in [4.78, 5) is 7.83. The monoisotopic (exact) mass is 136 g/mol. The second-order valence-corrected chi connectivity index (χ2v) is 1.81. The fourth-order valence-electron chi connectivity index (χ4n) is 0.552. The molecule has 10 heavy (non-hydrogen) atoms. The van der Waals surface area contributed by atoms with E-state index in [2.05, 4.69) is 15.1 Å². The van der Waals surface area contributed by atoms with E-state index >= 15 is 0 Å². The van der Waals surface area contributed by atoms with E-state index in [1.54, 1.807) is 25.5 Å². The number of hydrogen-bond donors (Lipinski definition) is 1. The molecule has 0 atom stereocenters. The summed E-state index contributed by atoms with van der Waals surface area (Å²) >= 11 is 0. The molecule has 52 valence electrons. The van der Waals surface area contributed by atoms with Gasteiger partial charge in [-0.05, 0) is 6.92 Å². The average molecular weight is 136 g/mol. The van der Waals surface area contributed by atoms with Gasteiger partial charge in [-0.1, -0.05) is 0 Å². The fraction of sp³-hybridized carbons (Fsp3) is 0.167. The molecule has 1 heterocycles. The molecule has 0 saturated carbocycles. The highest BCUT2D eigenvalue weighted by Crippen LogP contribution is 1.90. The van der Waals surface area contributed by atoms with Crippen LogP contribution in [0.4, 0.5) is 0 Å². The molecular weight excluding hydrogens is 128 g/mol. The Kier molecular flexibility index (Phi) is 1.94. The Morgan fingerprint density at radius 1 is 1.60 bits per heavy atom. The van der Waals surface area contributed by atoms with Crippen LogP contribution in [0.1, 0.15) is 12.6 Å². The van der Waals surface area contributed by atoms with Crippen LogP contribution in [0.5, 0.6) is 0 Å². The predicted octanol–water partition coefficient (Wildman–Crippen LogP) is 0.159. The minimum Gasteiger partial charge on any atom is -0.323 e. The van der Waals surface area contributed by atoms with E-state index in [9.17, 15) is 0 Å². The number of nitrogens with two attached hydrogens (primary N) is 1. The van der Waals surface area contributed by atoms with E-state index < -0.39 is 0 Å². The summed E-state index contributed by atoms with van der Waals surface area (Å²) in [5.74, 6) is 5.02. The van der Waals surface area contributed by atoms with Crippen LogP contribution in [0, 0.1) is 0 Å². The van der Waals surface area contributed by atoms with Gasteiger partial charge in [0.05, 0.1) is 11.9 Å². The van der Waals surface area contributed by atoms with Crippen molar-refractivity contribution in [2.75, 3.05) is 0 Å². The number of hydrazone groups is 1. The third-order valence-electron chi connectivity index (χ3n) is 1.13. The summed E-state index contributed by atoms with van der Waals surface area (Å²) in [5, 5.41) is 3.47. The second-order valence-electron chi connectivity index (χ2n) is 1.81. The zero-order valence-electron chi connectivity index (χ0n) is 5.65. The molecule has 1 aromatic rings. The number of hydrogen-bond acceptors (Lipinski definition) is 4. The quantitative estimate of drug-likeness (QED) is 0.340. The van der Waals surface area contributed by atoms with Crippen LogP contribution >= 0.6 is 0 Å². The van der Waals surface area contributed by atoms with Gasteiger partial charge >= 0.3 is 0 Å². The van der Waals surface area contributed by atoms with Crippen LogP contribution in [0.2, 0.25) is 0 Å². The molecule has 0 spiro atoms. The van der Waals surface area contributed by atoms with Crippen LogP contribution in [0.25, 0.3) is 0 Å². The van der Waals surface area contributed by atoms with Gasteiger partial charge in [0.2, 0.25) is 0 Å². The van der Waals surface area contributed by atoms with Crippen LogP contribution in [0.3, 0.4) is 0 Å². The van der Waals surface area contributed by atoms with E-state index in [-0.39, 0.29) is 0 Å². The summed E-state index contributed by atoms with van der Waals surface area (Å²) < 4.78 is 0. The highest BCUT2D eigenvalue weighted by atomic mass is 15.1. The maximum Gasteiger partial charge on any atom is 0.104 e. The summed E-state index contributed by atoms with van der Waals surface area (Å²) in [6.45, 7) is 1.78. The van der Waals surface area contributed by atoms with Crippen LogP contribution in [0.15, 0.2) is 23.7 Å². The van der Waals surface area contributed by atoms with Gasteiger partial charge in [-0.3, -0.25) is 9.97 Å². The average Bonchev–Trinajstić information content (AvgIpc) is 2.05. The minimum absolute atomic E-state index is 0.688. The summed E-state index contributed by atoms with van der Waals surface area (Å²) in [6, 6.07) is 0. The van der Waals surface area contributed by atoms with E-state index in [0.717, 1.165) is 0 Å². The lowest BCUT2D eigenvalue weighted by Crippen LogP contribution is -2.01. The number of rotatable bonds is 1. The molecule has 4 heteroatoms. The van der Waals surface area contributed by atoms with Gasteiger partial charge in [-0.25, -0.2) is 0 Å². The van der Waals surface area contributed by atoms with Crippen molar-refractivity contribution in [3.8, 4) is 0 Å². The molecular formula is C6H8N4. The van der Waals surface area contributed by atoms with Crippen molar-refractivity contribution in [2.45, 2.75) is 6.92 Å². The molecule has 0 radical (unpaired) electrons. The molecule has 0 unspecified atom stereocenters. The maximum absolute atomic E-state index is 5.02. The van der Waals surface area contributed by atoms with E-state index in [1.165, 1.54) is 0 Å². The van der Waals surface area contributed by atoms with E-state index in [1.807, 2.05) is 0 Å². The van der Waals surface area contributed by atoms with Gasteiger partial charge in [0, 0.05) is 12.4 Å². The summed E-state index contributed by atoms with van der Waals surface area (Å²) in [6.07, 6.45) is 4.82. The Labute approximate surface area is 58.8 Å². The first-order chi connectivity index (χ1) is 4.84. The smallest absolute Gasteiger partial charge is 0.104 e. The molecule has 1 aromatic heterocycles. The zero-order valence-corrected chi connectivity index (χ0v) is 5.65. The van der Waals surface area contributed by atoms with Crippen LogP contribution in [-0.4, -0.2) is 15.7 Å². The molecule has 2 N–H and O–H groups in total. The third-order valence-corrected chi connectivity index (χ3v) is 1.13. The molecule has 0 aliphatic carbocycles. The van der Waals surface area contributed by atoms with Crippen molar-refractivity contribution in [1.82, 2.24) is 9.97 Å². The summed E-state index contributed by atoms with van der Waals surface area (Å²) in [7, 11) is 0. The van der Waals surface area contributed by atoms with Gasteiger partial charge < -0.3 is 5.84 Å². The lowest BCUT2D eigenvalue weighted by molar-refractivity contribution is 1.15. The molecule has 0 amide bonds. The predicted molar refractivity (Wildman–Crippen MR) is 38.4 cm³/mol. The van der Waals surface area contributed by atoms with Gasteiger partial charge in [-0.15, -0.1) is 0 Å². The molecule has 0 bridgehead atoms. The topological polar surface area (TPSA) is 64.2 Å². The number of aromatic nitrogens is 2. The second kappa shape index (κ2) is 2.91. The van der Waals surface area contributed by atoms with Crippen molar-refractivity contribution < 1.29 is 0 Å². The van der Waals surface area contributed by atoms with Gasteiger partial charge in [-0.2, -0.15) is 5.10 Å². The minimum atomic E-state index is 0.688. The zero-order chi connectivity index (χ0) is 7.40. The molecule has 0 saturated heterocycles. The van der Waals surface area contributed by atoms with Gasteiger partial charge in [0.1, 0.15) is 5.69 Å². The number of nitrogens with zero attached hydrogens (tertiary/aromatic N) is 3. The lowest BCUT2D eigenvalue weighted by Gasteiger charge is -1.93. The molecule has 0 aromatic carbocycles. The SMILES string of the molecule is CC(=NN)c1cnccn1. The van der Waals surface area contributed by atoms with Crippen molar-refractivity contribution >= 4 is 5.71 Å². The van der Waals surface area contributed by atoms with Crippen LogP contribution < -0.4 is 5.84 Å². The van der Waals surface area contributed by atoms with Gasteiger partial charge in [0.15, 0.2) is 0 Å². The molecule has 0 fully saturated rings. The van der Waals surface area contributed by atoms with Gasteiger partial charge in [0.25, 0.3) is 0 Å². The largest absolute Gasteiger partial charge is 0.323 e. The molecule has 0 aliphatic heterocycles. The first kappa shape index (κ1) is 6.67. The maximum atomic E-state index is 5.02. The highest BCUT2D eigenvalue weighted by molar-refractivity contribution is 5.96. The van der Waals surface area contributed by atoms with E-state index in [4.69, 9.17) is 5.84 Å². The Morgan fingerprint density at radius 2 is 2.40 bits per heavy atom. The van der Waals surface area contributed by atoms with Crippen LogP contribution in [-0.2, 0) is 0 Å². The first-order valence-corrected chi connectivity index (χ1v) is 2.85. The Morgan fingerprint density at radius 3 is 2.90 bits per heavy atom. The van der Waals surface area contributed by atoms with Crippen molar-refractivity contribution in [3.05, 3.63) is 24.3 Å². The van der Waals surface area contributed by atoms with Crippen molar-refractivity contribution in [3.63, 3.8) is 0 Å². The lowest BCUT2D eigenvalue weighted by atomic mass is 10.3. The third kappa shape index (κ3) is 1.28. The van der Waals surface area contributed by atoms with Crippen molar-refractivity contribution in [1.29, 1.82) is 0 Å². The Hall–Kier alpha value is -1.45. The summed E-state index contributed by atoms with van der Waals surface area (Å²) in [5.41, 5.74) is 1.40. The van der Waals surface area contributed by atoms with Crippen molar-refractivity contribution in [2.24, 2.45) is 10.9 Å². The fourth-order valence-corrected chi connectivity index (χ4v) is 0.552. The van der Waals surface area contributed by atoms with E-state index in [0.29, 0.717) is 11.4 Å². The molecule has 1 rings (SSSR count). The molecule has 0 aliphatic rings. The normalized spacial score (nSPS) is 11.5. The Bertz CT molecular complexity index is 229. The Balaban J connectivity index is 2.96. The first-order valence-electron chi connectivity index (χ1n) is 2.85. The highest BCUT2D eigenvalue weighted by Gasteiger charge is 1.94. The standard InChI is InChI=1S/C6H8N4/c1-5(10-7)6-4-8-2-3-9-6/h2-4H,7H2,1H3. The molecule has 4 nitrogen and oxygen atoms in total.